The Labute approximate surface area is 116 Å². The van der Waals surface area contributed by atoms with Crippen LogP contribution in [0.3, 0.4) is 0 Å². The number of carbonyl (C=O) groups is 1. The largest absolute Gasteiger partial charge is 0.481 e. The van der Waals surface area contributed by atoms with Crippen molar-refractivity contribution >= 4 is 16.8 Å². The van der Waals surface area contributed by atoms with Gasteiger partial charge in [-0.05, 0) is 18.1 Å². The first-order valence-electron chi connectivity index (χ1n) is 6.42. The third-order valence-corrected chi connectivity index (χ3v) is 4.31. The normalized spacial score (nSPS) is 14.0. The molecule has 5 heteroatoms. The van der Waals surface area contributed by atoms with E-state index < -0.39 is 22.7 Å². The van der Waals surface area contributed by atoms with Gasteiger partial charge in [0.25, 0.3) is 0 Å². The maximum absolute atomic E-state index is 11.2. The highest BCUT2D eigenvalue weighted by atomic mass is 32.2. The highest BCUT2D eigenvalue weighted by Gasteiger charge is 2.12. The Bertz CT molecular complexity index is 431. The third kappa shape index (κ3) is 5.53. The van der Waals surface area contributed by atoms with Gasteiger partial charge in [0.2, 0.25) is 0 Å². The molecule has 0 spiro atoms. The third-order valence-electron chi connectivity index (χ3n) is 3.01. The van der Waals surface area contributed by atoms with Crippen LogP contribution < -0.4 is 5.32 Å². The molecule has 0 saturated carbocycles. The van der Waals surface area contributed by atoms with E-state index in [2.05, 4.69) is 5.32 Å². The predicted octanol–water partition coefficient (Wildman–Crippen LogP) is 1.73. The number of rotatable bonds is 8. The van der Waals surface area contributed by atoms with Crippen molar-refractivity contribution in [3.63, 3.8) is 0 Å². The first kappa shape index (κ1) is 15.9. The molecule has 0 saturated heterocycles. The molecule has 0 aromatic heterocycles. The number of hydrogen-bond donors (Lipinski definition) is 2. The summed E-state index contributed by atoms with van der Waals surface area (Å²) < 4.78 is 11.2. The average Bonchev–Trinajstić information content (AvgIpc) is 2.43. The summed E-state index contributed by atoms with van der Waals surface area (Å²) in [5.41, 5.74) is 1.91. The van der Waals surface area contributed by atoms with Crippen LogP contribution in [0.5, 0.6) is 0 Å². The molecule has 1 aromatic carbocycles. The van der Waals surface area contributed by atoms with Gasteiger partial charge in [-0.15, -0.1) is 0 Å². The number of nitrogens with one attached hydrogen (secondary N) is 1. The maximum Gasteiger partial charge on any atom is 0.310 e. The standard InChI is InChI=1S/C14H21NO3S/c1-3-19(18)9-8-15-10-12-4-6-13(7-5-12)11(2)14(16)17/h4-7,11,15H,3,8-10H2,1-2H3,(H,16,17). The summed E-state index contributed by atoms with van der Waals surface area (Å²) in [6.07, 6.45) is 0. The van der Waals surface area contributed by atoms with Crippen LogP contribution in [0.2, 0.25) is 0 Å². The number of hydrogen-bond acceptors (Lipinski definition) is 3. The summed E-state index contributed by atoms with van der Waals surface area (Å²) >= 11 is 0. The lowest BCUT2D eigenvalue weighted by Gasteiger charge is -2.08. The van der Waals surface area contributed by atoms with Crippen LogP contribution in [-0.2, 0) is 22.1 Å². The van der Waals surface area contributed by atoms with Crippen molar-refractivity contribution in [3.05, 3.63) is 35.4 Å². The van der Waals surface area contributed by atoms with Crippen LogP contribution in [0.25, 0.3) is 0 Å². The number of aliphatic carboxylic acids is 1. The van der Waals surface area contributed by atoms with E-state index in [9.17, 15) is 9.00 Å². The fraction of sp³-hybridized carbons (Fsp3) is 0.500. The minimum Gasteiger partial charge on any atom is -0.481 e. The number of carboxylic acid groups (broad SMARTS) is 1. The van der Waals surface area contributed by atoms with E-state index in [0.29, 0.717) is 18.1 Å². The minimum atomic E-state index is -0.812. The Morgan fingerprint density at radius 1 is 1.37 bits per heavy atom. The Morgan fingerprint density at radius 3 is 2.53 bits per heavy atom. The molecule has 2 atom stereocenters. The lowest BCUT2D eigenvalue weighted by molar-refractivity contribution is -0.138. The predicted molar refractivity (Wildman–Crippen MR) is 77.7 cm³/mol. The molecule has 2 N–H and O–H groups in total. The summed E-state index contributed by atoms with van der Waals surface area (Å²) in [5, 5.41) is 12.1. The fourth-order valence-electron chi connectivity index (χ4n) is 1.63. The molecule has 1 rings (SSSR count). The van der Waals surface area contributed by atoms with Crippen LogP contribution in [0.4, 0.5) is 0 Å². The second-order valence-electron chi connectivity index (χ2n) is 4.41. The van der Waals surface area contributed by atoms with Gasteiger partial charge in [-0.3, -0.25) is 9.00 Å². The molecule has 0 radical (unpaired) electrons. The summed E-state index contributed by atoms with van der Waals surface area (Å²) in [5.74, 6) is 0.0792. The topological polar surface area (TPSA) is 66.4 Å². The van der Waals surface area contributed by atoms with Crippen molar-refractivity contribution in [2.75, 3.05) is 18.1 Å². The summed E-state index contributed by atoms with van der Waals surface area (Å²) in [6.45, 7) is 5.03. The molecule has 1 aromatic rings. The number of benzene rings is 1. The quantitative estimate of drug-likeness (QED) is 0.713. The zero-order valence-corrected chi connectivity index (χ0v) is 12.2. The highest BCUT2D eigenvalue weighted by molar-refractivity contribution is 7.84. The summed E-state index contributed by atoms with van der Waals surface area (Å²) in [6, 6.07) is 7.55. The maximum atomic E-state index is 11.2. The monoisotopic (exact) mass is 283 g/mol. The van der Waals surface area contributed by atoms with Gasteiger partial charge in [-0.25, -0.2) is 0 Å². The van der Waals surface area contributed by atoms with Gasteiger partial charge >= 0.3 is 5.97 Å². The van der Waals surface area contributed by atoms with Crippen molar-refractivity contribution in [1.82, 2.24) is 5.32 Å². The molecular weight excluding hydrogens is 262 g/mol. The molecule has 2 unspecified atom stereocenters. The molecule has 0 aliphatic heterocycles. The Kier molecular flexibility index (Phi) is 6.73. The summed E-state index contributed by atoms with van der Waals surface area (Å²) in [4.78, 5) is 10.8. The first-order chi connectivity index (χ1) is 9.04. The molecule has 0 aliphatic rings. The molecule has 0 aliphatic carbocycles. The Morgan fingerprint density at radius 2 is 2.00 bits per heavy atom. The lowest BCUT2D eigenvalue weighted by atomic mass is 10.0. The zero-order valence-electron chi connectivity index (χ0n) is 11.4. The molecule has 0 fully saturated rings. The molecular formula is C14H21NO3S. The van der Waals surface area contributed by atoms with Gasteiger partial charge in [0.15, 0.2) is 0 Å². The SMILES string of the molecule is CCS(=O)CCNCc1ccc(C(C)C(=O)O)cc1. The zero-order chi connectivity index (χ0) is 14.3. The molecule has 4 nitrogen and oxygen atoms in total. The van der Waals surface area contributed by atoms with Crippen molar-refractivity contribution < 1.29 is 14.1 Å². The Balaban J connectivity index is 2.40. The molecule has 0 bridgehead atoms. The van der Waals surface area contributed by atoms with E-state index in [1.165, 1.54) is 0 Å². The summed E-state index contributed by atoms with van der Waals surface area (Å²) in [7, 11) is -0.728. The van der Waals surface area contributed by atoms with Crippen LogP contribution in [-0.4, -0.2) is 33.3 Å². The van der Waals surface area contributed by atoms with Crippen LogP contribution in [0, 0.1) is 0 Å². The second-order valence-corrected chi connectivity index (χ2v) is 6.28. The van der Waals surface area contributed by atoms with Gasteiger partial charge in [-0.2, -0.15) is 0 Å². The fourth-order valence-corrected chi connectivity index (χ4v) is 2.29. The van der Waals surface area contributed by atoms with Gasteiger partial charge in [0, 0.05) is 35.4 Å². The van der Waals surface area contributed by atoms with E-state index in [0.717, 1.165) is 17.7 Å². The van der Waals surface area contributed by atoms with Crippen molar-refractivity contribution in [1.29, 1.82) is 0 Å². The molecule has 0 amide bonds. The van der Waals surface area contributed by atoms with Gasteiger partial charge < -0.3 is 10.4 Å². The van der Waals surface area contributed by atoms with Crippen LogP contribution in [0.15, 0.2) is 24.3 Å². The van der Waals surface area contributed by atoms with Crippen molar-refractivity contribution in [3.8, 4) is 0 Å². The number of carboxylic acids is 1. The highest BCUT2D eigenvalue weighted by Crippen LogP contribution is 2.15. The average molecular weight is 283 g/mol. The van der Waals surface area contributed by atoms with Crippen molar-refractivity contribution in [2.45, 2.75) is 26.3 Å². The van der Waals surface area contributed by atoms with Gasteiger partial charge in [0.1, 0.15) is 0 Å². The lowest BCUT2D eigenvalue weighted by Crippen LogP contribution is -2.20. The minimum absolute atomic E-state index is 0.478. The van der Waals surface area contributed by atoms with Crippen LogP contribution >= 0.6 is 0 Å². The van der Waals surface area contributed by atoms with E-state index >= 15 is 0 Å². The second kappa shape index (κ2) is 8.07. The van der Waals surface area contributed by atoms with Gasteiger partial charge in [-0.1, -0.05) is 31.2 Å². The molecule has 19 heavy (non-hydrogen) atoms. The van der Waals surface area contributed by atoms with Crippen LogP contribution in [0.1, 0.15) is 30.9 Å². The van der Waals surface area contributed by atoms with Crippen molar-refractivity contribution in [2.24, 2.45) is 0 Å². The molecule has 106 valence electrons. The first-order valence-corrected chi connectivity index (χ1v) is 7.90. The van der Waals surface area contributed by atoms with E-state index in [-0.39, 0.29) is 0 Å². The van der Waals surface area contributed by atoms with Gasteiger partial charge in [0.05, 0.1) is 5.92 Å². The van der Waals surface area contributed by atoms with E-state index in [4.69, 9.17) is 5.11 Å². The smallest absolute Gasteiger partial charge is 0.310 e. The van der Waals surface area contributed by atoms with E-state index in [1.54, 1.807) is 6.92 Å². The Hall–Kier alpha value is -1.20. The molecule has 0 heterocycles. The van der Waals surface area contributed by atoms with E-state index in [1.807, 2.05) is 31.2 Å².